The van der Waals surface area contributed by atoms with Crippen LogP contribution in [0.5, 0.6) is 11.5 Å². The summed E-state index contributed by atoms with van der Waals surface area (Å²) in [4.78, 5) is 40.0. The second-order valence-electron chi connectivity index (χ2n) is 6.53. The number of ether oxygens (including phenoxy) is 2. The number of hydrogen-bond acceptors (Lipinski definition) is 9. The van der Waals surface area contributed by atoms with E-state index in [4.69, 9.17) is 14.3 Å². The highest BCUT2D eigenvalue weighted by molar-refractivity contribution is 9.10. The van der Waals surface area contributed by atoms with Gasteiger partial charge in [-0.3, -0.25) is 19.4 Å². The fraction of sp³-hybridized carbons (Fsp3) is 0.250. The van der Waals surface area contributed by atoms with Gasteiger partial charge in [0.25, 0.3) is 11.8 Å². The molecule has 2 aromatic rings. The molecule has 11 heteroatoms. The van der Waals surface area contributed by atoms with E-state index in [0.29, 0.717) is 42.7 Å². The molecule has 0 spiro atoms. The van der Waals surface area contributed by atoms with Crippen molar-refractivity contribution in [1.82, 2.24) is 14.9 Å². The minimum absolute atomic E-state index is 0.206. The Morgan fingerprint density at radius 1 is 1.16 bits per heavy atom. The summed E-state index contributed by atoms with van der Waals surface area (Å²) in [6, 6.07) is 5.58. The van der Waals surface area contributed by atoms with E-state index in [9.17, 15) is 9.59 Å². The van der Waals surface area contributed by atoms with Crippen molar-refractivity contribution < 1.29 is 23.9 Å². The second kappa shape index (κ2) is 9.13. The Kier molecular flexibility index (Phi) is 6.12. The zero-order chi connectivity index (χ0) is 21.8. The summed E-state index contributed by atoms with van der Waals surface area (Å²) in [5.74, 6) is 1.43. The average molecular weight is 488 g/mol. The quantitative estimate of drug-likeness (QED) is 0.411. The molecule has 0 unspecified atom stereocenters. The van der Waals surface area contributed by atoms with E-state index in [1.165, 1.54) is 17.1 Å². The van der Waals surface area contributed by atoms with Crippen molar-refractivity contribution in [2.24, 2.45) is 5.16 Å². The lowest BCUT2D eigenvalue weighted by Crippen LogP contribution is -2.31. The number of benzene rings is 1. The summed E-state index contributed by atoms with van der Waals surface area (Å²) in [6.45, 7) is 0.837. The Morgan fingerprint density at radius 2 is 1.90 bits per heavy atom. The number of amides is 2. The van der Waals surface area contributed by atoms with E-state index < -0.39 is 0 Å². The predicted octanol–water partition coefficient (Wildman–Crippen LogP) is 2.10. The number of oxime groups is 1. The SMILES string of the molecule is COc1cnc(C2=NOCN2c2ccc(Br)c(OCCCN3C(=O)C=CC3=O)c2)nc1. The van der Waals surface area contributed by atoms with Gasteiger partial charge in [-0.25, -0.2) is 9.97 Å². The van der Waals surface area contributed by atoms with Gasteiger partial charge >= 0.3 is 0 Å². The van der Waals surface area contributed by atoms with Crippen LogP contribution in [0.15, 0.2) is 52.4 Å². The average Bonchev–Trinajstić information content (AvgIpc) is 3.40. The molecule has 0 saturated carbocycles. The molecule has 0 radical (unpaired) electrons. The largest absolute Gasteiger partial charge is 0.494 e. The molecular formula is C20H18BrN5O5. The first-order valence-electron chi connectivity index (χ1n) is 9.36. The highest BCUT2D eigenvalue weighted by atomic mass is 79.9. The number of imide groups is 1. The topological polar surface area (TPSA) is 106 Å². The highest BCUT2D eigenvalue weighted by Gasteiger charge is 2.26. The molecule has 0 aliphatic carbocycles. The molecule has 0 atom stereocenters. The molecule has 3 heterocycles. The molecule has 0 fully saturated rings. The number of carbonyl (C=O) groups excluding carboxylic acids is 2. The van der Waals surface area contributed by atoms with Gasteiger partial charge in [-0.1, -0.05) is 5.16 Å². The zero-order valence-corrected chi connectivity index (χ0v) is 18.1. The first-order valence-corrected chi connectivity index (χ1v) is 10.2. The molecule has 1 aromatic carbocycles. The third kappa shape index (κ3) is 4.50. The van der Waals surface area contributed by atoms with Crippen LogP contribution in [-0.4, -0.2) is 59.5 Å². The summed E-state index contributed by atoms with van der Waals surface area (Å²) >= 11 is 3.48. The first-order chi connectivity index (χ1) is 15.1. The van der Waals surface area contributed by atoms with Crippen LogP contribution < -0.4 is 14.4 Å². The van der Waals surface area contributed by atoms with Gasteiger partial charge in [0.05, 0.1) is 30.6 Å². The van der Waals surface area contributed by atoms with Gasteiger partial charge in [0.2, 0.25) is 5.84 Å². The first kappa shape index (κ1) is 20.8. The van der Waals surface area contributed by atoms with Crippen LogP contribution in [-0.2, 0) is 14.4 Å². The maximum atomic E-state index is 11.6. The molecule has 10 nitrogen and oxygen atoms in total. The van der Waals surface area contributed by atoms with E-state index >= 15 is 0 Å². The van der Waals surface area contributed by atoms with Crippen LogP contribution in [0.4, 0.5) is 5.69 Å². The van der Waals surface area contributed by atoms with E-state index in [1.807, 2.05) is 23.1 Å². The predicted molar refractivity (Wildman–Crippen MR) is 114 cm³/mol. The second-order valence-corrected chi connectivity index (χ2v) is 7.38. The van der Waals surface area contributed by atoms with Crippen molar-refractivity contribution in [3.8, 4) is 11.5 Å². The van der Waals surface area contributed by atoms with Gasteiger partial charge in [0.1, 0.15) is 5.75 Å². The normalized spacial score (nSPS) is 15.4. The molecule has 2 aliphatic heterocycles. The third-order valence-electron chi connectivity index (χ3n) is 4.57. The summed E-state index contributed by atoms with van der Waals surface area (Å²) < 4.78 is 11.7. The van der Waals surface area contributed by atoms with Gasteiger partial charge in [-0.2, -0.15) is 0 Å². The van der Waals surface area contributed by atoms with Crippen LogP contribution in [0.3, 0.4) is 0 Å². The molecule has 1 aromatic heterocycles. The monoisotopic (exact) mass is 487 g/mol. The lowest BCUT2D eigenvalue weighted by molar-refractivity contribution is -0.136. The Hall–Kier alpha value is -3.47. The molecule has 4 rings (SSSR count). The summed E-state index contributed by atoms with van der Waals surface area (Å²) in [7, 11) is 1.54. The lowest BCUT2D eigenvalue weighted by atomic mass is 10.2. The van der Waals surface area contributed by atoms with Crippen LogP contribution in [0, 0.1) is 0 Å². The molecule has 31 heavy (non-hydrogen) atoms. The van der Waals surface area contributed by atoms with Crippen LogP contribution in [0.2, 0.25) is 0 Å². The van der Waals surface area contributed by atoms with Gasteiger partial charge in [-0.15, -0.1) is 0 Å². The van der Waals surface area contributed by atoms with Crippen LogP contribution >= 0.6 is 15.9 Å². The number of methoxy groups -OCH3 is 1. The Bertz CT molecular complexity index is 1040. The van der Waals surface area contributed by atoms with Crippen molar-refractivity contribution >= 4 is 39.3 Å². The Morgan fingerprint density at radius 3 is 2.61 bits per heavy atom. The number of hydrogen-bond donors (Lipinski definition) is 0. The van der Waals surface area contributed by atoms with Crippen LogP contribution in [0.25, 0.3) is 0 Å². The van der Waals surface area contributed by atoms with Gasteiger partial charge in [-0.05, 0) is 34.5 Å². The molecule has 2 aliphatic rings. The molecular weight excluding hydrogens is 470 g/mol. The van der Waals surface area contributed by atoms with Crippen LogP contribution in [0.1, 0.15) is 12.2 Å². The fourth-order valence-corrected chi connectivity index (χ4v) is 3.34. The molecule has 0 bridgehead atoms. The molecule has 2 amide bonds. The fourth-order valence-electron chi connectivity index (χ4n) is 2.98. The number of amidine groups is 1. The van der Waals surface area contributed by atoms with E-state index in [-0.39, 0.29) is 18.5 Å². The third-order valence-corrected chi connectivity index (χ3v) is 5.22. The van der Waals surface area contributed by atoms with Crippen molar-refractivity contribution in [2.75, 3.05) is 31.9 Å². The number of rotatable bonds is 8. The van der Waals surface area contributed by atoms with Gasteiger partial charge < -0.3 is 14.3 Å². The lowest BCUT2D eigenvalue weighted by Gasteiger charge is -2.19. The maximum Gasteiger partial charge on any atom is 0.253 e. The van der Waals surface area contributed by atoms with E-state index in [2.05, 4.69) is 31.1 Å². The molecule has 0 saturated heterocycles. The smallest absolute Gasteiger partial charge is 0.253 e. The van der Waals surface area contributed by atoms with Gasteiger partial charge in [0.15, 0.2) is 18.3 Å². The number of nitrogens with zero attached hydrogens (tertiary/aromatic N) is 5. The summed E-state index contributed by atoms with van der Waals surface area (Å²) in [5.41, 5.74) is 0.781. The van der Waals surface area contributed by atoms with Gasteiger partial charge in [0, 0.05) is 30.5 Å². The number of halogens is 1. The van der Waals surface area contributed by atoms with E-state index in [1.54, 1.807) is 19.5 Å². The van der Waals surface area contributed by atoms with Crippen molar-refractivity contribution in [3.05, 3.63) is 53.0 Å². The van der Waals surface area contributed by atoms with Crippen molar-refractivity contribution in [2.45, 2.75) is 6.42 Å². The minimum Gasteiger partial charge on any atom is -0.494 e. The van der Waals surface area contributed by atoms with Crippen molar-refractivity contribution in [3.63, 3.8) is 0 Å². The minimum atomic E-state index is -0.297. The number of anilines is 1. The van der Waals surface area contributed by atoms with E-state index in [0.717, 1.165) is 10.2 Å². The molecule has 0 N–H and O–H groups in total. The Balaban J connectivity index is 1.41. The standard InChI is InChI=1S/C20H18BrN5O5/c1-29-14-10-22-19(23-11-14)20-24-31-12-26(20)13-3-4-15(21)16(9-13)30-8-2-7-25-17(27)5-6-18(25)28/h3-6,9-11H,2,7-8,12H2,1H3. The Labute approximate surface area is 186 Å². The number of carbonyl (C=O) groups is 2. The van der Waals surface area contributed by atoms with Crippen molar-refractivity contribution in [1.29, 1.82) is 0 Å². The molecule has 160 valence electrons. The number of aromatic nitrogens is 2. The maximum absolute atomic E-state index is 11.6. The summed E-state index contributed by atoms with van der Waals surface area (Å²) in [6.07, 6.45) is 6.17. The highest BCUT2D eigenvalue weighted by Crippen LogP contribution is 2.32. The zero-order valence-electron chi connectivity index (χ0n) is 16.5. The summed E-state index contributed by atoms with van der Waals surface area (Å²) in [5, 5.41) is 4.05.